The van der Waals surface area contributed by atoms with Gasteiger partial charge in [0.15, 0.2) is 0 Å². The second kappa shape index (κ2) is 5.29. The predicted octanol–water partition coefficient (Wildman–Crippen LogP) is 3.68. The van der Waals surface area contributed by atoms with E-state index in [-0.39, 0.29) is 11.3 Å². The van der Waals surface area contributed by atoms with Gasteiger partial charge in [0, 0.05) is 23.7 Å². The van der Waals surface area contributed by atoms with Crippen LogP contribution in [0.15, 0.2) is 24.3 Å². The van der Waals surface area contributed by atoms with E-state index in [0.717, 1.165) is 23.7 Å². The molecule has 1 aliphatic heterocycles. The van der Waals surface area contributed by atoms with Gasteiger partial charge in [-0.1, -0.05) is 17.7 Å². The van der Waals surface area contributed by atoms with Gasteiger partial charge in [-0.05, 0) is 31.5 Å². The molecule has 0 spiro atoms. The van der Waals surface area contributed by atoms with E-state index in [4.69, 9.17) is 16.3 Å². The highest BCUT2D eigenvalue weighted by Crippen LogP contribution is 2.34. The Kier molecular flexibility index (Phi) is 3.49. The average molecular weight is 290 g/mol. The lowest BCUT2D eigenvalue weighted by Crippen LogP contribution is -2.21. The number of fused-ring (bicyclic) bond motifs is 1. The Morgan fingerprint density at radius 2 is 2.10 bits per heavy atom. The normalized spacial score (nSPS) is 17.2. The molecule has 20 heavy (non-hydrogen) atoms. The molecule has 1 aliphatic rings. The Balaban J connectivity index is 1.91. The van der Waals surface area contributed by atoms with Crippen LogP contribution in [0.25, 0.3) is 0 Å². The van der Waals surface area contributed by atoms with Gasteiger partial charge in [-0.2, -0.15) is 0 Å². The van der Waals surface area contributed by atoms with Gasteiger partial charge in [0.05, 0.1) is 12.6 Å². The van der Waals surface area contributed by atoms with Crippen LogP contribution >= 0.6 is 11.6 Å². The van der Waals surface area contributed by atoms with Crippen LogP contribution in [0.1, 0.15) is 29.3 Å². The summed E-state index contributed by atoms with van der Waals surface area (Å²) in [6, 6.07) is 8.33. The van der Waals surface area contributed by atoms with E-state index in [1.165, 1.54) is 11.1 Å². The van der Waals surface area contributed by atoms with Crippen molar-refractivity contribution in [2.24, 2.45) is 0 Å². The van der Waals surface area contributed by atoms with Gasteiger partial charge < -0.3 is 10.1 Å². The van der Waals surface area contributed by atoms with Gasteiger partial charge in [0.25, 0.3) is 0 Å². The monoisotopic (exact) mass is 289 g/mol. The number of nitrogens with zero attached hydrogens (tertiary/aromatic N) is 2. The molecule has 0 amide bonds. The lowest BCUT2D eigenvalue weighted by Gasteiger charge is -2.27. The first-order chi connectivity index (χ1) is 9.61. The van der Waals surface area contributed by atoms with E-state index < -0.39 is 0 Å². The van der Waals surface area contributed by atoms with Gasteiger partial charge in [-0.15, -0.1) is 0 Å². The number of benzene rings is 1. The molecular formula is C15H16ClN3O. The lowest BCUT2D eigenvalue weighted by atomic mass is 9.98. The fourth-order valence-corrected chi connectivity index (χ4v) is 2.67. The highest BCUT2D eigenvalue weighted by molar-refractivity contribution is 6.28. The van der Waals surface area contributed by atoms with Crippen molar-refractivity contribution in [3.63, 3.8) is 0 Å². The minimum atomic E-state index is 0.184. The van der Waals surface area contributed by atoms with Crippen LogP contribution in [-0.4, -0.2) is 16.6 Å². The van der Waals surface area contributed by atoms with Crippen LogP contribution in [0.5, 0.6) is 5.75 Å². The highest BCUT2D eigenvalue weighted by Gasteiger charge is 2.22. The molecule has 1 N–H and O–H groups in total. The number of ether oxygens (including phenoxy) is 1. The Morgan fingerprint density at radius 1 is 1.25 bits per heavy atom. The van der Waals surface area contributed by atoms with Gasteiger partial charge in [-0.3, -0.25) is 0 Å². The molecule has 104 valence electrons. The zero-order chi connectivity index (χ0) is 14.1. The first-order valence-electron chi connectivity index (χ1n) is 6.63. The molecule has 3 rings (SSSR count). The van der Waals surface area contributed by atoms with Crippen molar-refractivity contribution in [2.45, 2.75) is 26.3 Å². The molecule has 1 aromatic carbocycles. The summed E-state index contributed by atoms with van der Waals surface area (Å²) in [5, 5.41) is 3.70. The first-order valence-corrected chi connectivity index (χ1v) is 7.01. The van der Waals surface area contributed by atoms with E-state index >= 15 is 0 Å². The van der Waals surface area contributed by atoms with E-state index in [9.17, 15) is 0 Å². The maximum atomic E-state index is 5.91. The summed E-state index contributed by atoms with van der Waals surface area (Å²) in [6.45, 7) is 4.68. The molecule has 0 aliphatic carbocycles. The summed E-state index contributed by atoms with van der Waals surface area (Å²) in [6.07, 6.45) is 0.900. The summed E-state index contributed by atoms with van der Waals surface area (Å²) < 4.78 is 5.70. The van der Waals surface area contributed by atoms with Crippen LogP contribution in [0.4, 0.5) is 5.82 Å². The zero-order valence-corrected chi connectivity index (χ0v) is 12.2. The summed E-state index contributed by atoms with van der Waals surface area (Å²) in [4.78, 5) is 8.30. The van der Waals surface area contributed by atoms with Crippen molar-refractivity contribution in [2.75, 3.05) is 11.9 Å². The minimum absolute atomic E-state index is 0.184. The number of hydrogen-bond donors (Lipinski definition) is 1. The second-order valence-electron chi connectivity index (χ2n) is 5.04. The summed E-state index contributed by atoms with van der Waals surface area (Å²) in [5.41, 5.74) is 3.24. The van der Waals surface area contributed by atoms with Crippen molar-refractivity contribution in [3.8, 4) is 5.75 Å². The molecule has 1 atom stereocenters. The van der Waals surface area contributed by atoms with E-state index in [1.807, 2.05) is 19.1 Å². The first kappa shape index (κ1) is 13.2. The lowest BCUT2D eigenvalue weighted by molar-refractivity contribution is 0.274. The number of anilines is 1. The van der Waals surface area contributed by atoms with Crippen LogP contribution < -0.4 is 10.1 Å². The average Bonchev–Trinajstić information content (AvgIpc) is 2.38. The minimum Gasteiger partial charge on any atom is -0.493 e. The number of hydrogen-bond acceptors (Lipinski definition) is 4. The summed E-state index contributed by atoms with van der Waals surface area (Å²) >= 11 is 5.91. The zero-order valence-electron chi connectivity index (χ0n) is 11.5. The van der Waals surface area contributed by atoms with Gasteiger partial charge in [0.2, 0.25) is 5.28 Å². The third-order valence-corrected chi connectivity index (χ3v) is 3.52. The molecule has 0 fully saturated rings. The van der Waals surface area contributed by atoms with Gasteiger partial charge >= 0.3 is 0 Å². The molecule has 5 heteroatoms. The summed E-state index contributed by atoms with van der Waals surface area (Å²) in [5.74, 6) is 1.69. The van der Waals surface area contributed by atoms with Crippen molar-refractivity contribution in [1.82, 2.24) is 9.97 Å². The molecule has 0 bridgehead atoms. The van der Waals surface area contributed by atoms with Crippen LogP contribution in [0.2, 0.25) is 5.28 Å². The number of nitrogens with one attached hydrogen (secondary N) is 1. The van der Waals surface area contributed by atoms with Gasteiger partial charge in [-0.25, -0.2) is 9.97 Å². The van der Waals surface area contributed by atoms with Crippen LogP contribution in [-0.2, 0) is 0 Å². The van der Waals surface area contributed by atoms with Crippen LogP contribution in [0, 0.1) is 13.8 Å². The largest absolute Gasteiger partial charge is 0.493 e. The number of aromatic nitrogens is 2. The molecule has 2 heterocycles. The Labute approximate surface area is 123 Å². The molecule has 4 nitrogen and oxygen atoms in total. The van der Waals surface area contributed by atoms with E-state index in [1.54, 1.807) is 0 Å². The predicted molar refractivity (Wildman–Crippen MR) is 79.4 cm³/mol. The smallest absolute Gasteiger partial charge is 0.224 e. The fourth-order valence-electron chi connectivity index (χ4n) is 2.45. The number of aryl methyl sites for hydroxylation is 2. The molecule has 1 unspecified atom stereocenters. The van der Waals surface area contributed by atoms with E-state index in [2.05, 4.69) is 34.3 Å². The highest BCUT2D eigenvalue weighted by atomic mass is 35.5. The molecular weight excluding hydrogens is 274 g/mol. The Morgan fingerprint density at radius 3 is 2.90 bits per heavy atom. The Hall–Kier alpha value is -1.81. The van der Waals surface area contributed by atoms with Crippen molar-refractivity contribution < 1.29 is 4.74 Å². The van der Waals surface area contributed by atoms with Crippen molar-refractivity contribution >= 4 is 17.4 Å². The third kappa shape index (κ3) is 2.70. The SMILES string of the molecule is Cc1ccc2c(c1)C(Nc1cc(C)nc(Cl)n1)CCO2. The molecule has 0 saturated heterocycles. The van der Waals surface area contributed by atoms with Crippen molar-refractivity contribution in [1.29, 1.82) is 0 Å². The van der Waals surface area contributed by atoms with Crippen LogP contribution in [0.3, 0.4) is 0 Å². The quantitative estimate of drug-likeness (QED) is 0.857. The maximum absolute atomic E-state index is 5.91. The number of halogens is 1. The fraction of sp³-hybridized carbons (Fsp3) is 0.333. The van der Waals surface area contributed by atoms with E-state index in [0.29, 0.717) is 6.61 Å². The molecule has 1 aromatic heterocycles. The Bertz CT molecular complexity index is 625. The summed E-state index contributed by atoms with van der Waals surface area (Å²) in [7, 11) is 0. The second-order valence-corrected chi connectivity index (χ2v) is 5.38. The van der Waals surface area contributed by atoms with Gasteiger partial charge in [0.1, 0.15) is 11.6 Å². The topological polar surface area (TPSA) is 47.0 Å². The molecule has 0 radical (unpaired) electrons. The number of rotatable bonds is 2. The third-order valence-electron chi connectivity index (χ3n) is 3.35. The molecule has 2 aromatic rings. The maximum Gasteiger partial charge on any atom is 0.224 e. The van der Waals surface area contributed by atoms with Crippen molar-refractivity contribution in [3.05, 3.63) is 46.4 Å². The molecule has 0 saturated carbocycles. The standard InChI is InChI=1S/C15H16ClN3O/c1-9-3-4-13-11(7-9)12(5-6-20-13)18-14-8-10(2)17-15(16)19-14/h3-4,7-8,12H,5-6H2,1-2H3,(H,17,18,19).